The van der Waals surface area contributed by atoms with Crippen molar-refractivity contribution in [2.45, 2.75) is 111 Å². The molecule has 244 valence electrons. The molecule has 10 nitrogen and oxygen atoms in total. The Morgan fingerprint density at radius 3 is 2.60 bits per heavy atom. The monoisotopic (exact) mass is 637 g/mol. The van der Waals surface area contributed by atoms with Crippen molar-refractivity contribution in [3.8, 4) is 11.1 Å². The summed E-state index contributed by atoms with van der Waals surface area (Å²) in [6.07, 6.45) is 8.50. The third-order valence-electron chi connectivity index (χ3n) is 9.37. The van der Waals surface area contributed by atoms with E-state index in [0.717, 1.165) is 31.0 Å². The molecule has 3 aromatic rings. The van der Waals surface area contributed by atoms with Gasteiger partial charge in [-0.05, 0) is 87.9 Å². The molecular formula is C33H48FN7O3Si. The summed E-state index contributed by atoms with van der Waals surface area (Å²) in [5.41, 5.74) is 3.30. The molecule has 3 aromatic heterocycles. The largest absolute Gasteiger partial charge is 0.360 e. The number of amides is 2. The molecule has 2 aliphatic carbocycles. The van der Waals surface area contributed by atoms with Crippen molar-refractivity contribution in [1.82, 2.24) is 29.9 Å². The summed E-state index contributed by atoms with van der Waals surface area (Å²) < 4.78 is 25.0. The van der Waals surface area contributed by atoms with E-state index in [1.165, 1.54) is 19.3 Å². The van der Waals surface area contributed by atoms with Gasteiger partial charge in [0.05, 0.1) is 5.69 Å². The fraction of sp³-hybridized carbons (Fsp3) is 0.606. The average Bonchev–Trinajstić information content (AvgIpc) is 3.41. The predicted molar refractivity (Wildman–Crippen MR) is 175 cm³/mol. The fourth-order valence-electron chi connectivity index (χ4n) is 6.67. The van der Waals surface area contributed by atoms with Crippen molar-refractivity contribution in [2.24, 2.45) is 11.3 Å². The molecule has 45 heavy (non-hydrogen) atoms. The summed E-state index contributed by atoms with van der Waals surface area (Å²) in [6, 6.07) is 5.20. The van der Waals surface area contributed by atoms with E-state index in [0.29, 0.717) is 54.2 Å². The molecule has 1 spiro atoms. The normalized spacial score (nSPS) is 18.2. The quantitative estimate of drug-likeness (QED) is 0.131. The van der Waals surface area contributed by atoms with Crippen molar-refractivity contribution in [2.75, 3.05) is 11.9 Å². The van der Waals surface area contributed by atoms with Gasteiger partial charge in [0.1, 0.15) is 24.3 Å². The smallest absolute Gasteiger partial charge is 0.270 e. The Labute approximate surface area is 266 Å². The second kappa shape index (κ2) is 13.5. The maximum Gasteiger partial charge on any atom is 0.270 e. The molecule has 0 aliphatic heterocycles. The lowest BCUT2D eigenvalue weighted by Gasteiger charge is -2.34. The van der Waals surface area contributed by atoms with Gasteiger partial charge in [-0.1, -0.05) is 33.0 Å². The van der Waals surface area contributed by atoms with E-state index in [4.69, 9.17) is 4.74 Å². The highest BCUT2D eigenvalue weighted by molar-refractivity contribution is 6.76. The summed E-state index contributed by atoms with van der Waals surface area (Å²) >= 11 is 0. The first-order valence-corrected chi connectivity index (χ1v) is 20.1. The molecule has 5 rings (SSSR count). The Hall–Kier alpha value is -3.38. The van der Waals surface area contributed by atoms with Gasteiger partial charge >= 0.3 is 0 Å². The minimum Gasteiger partial charge on any atom is -0.360 e. The number of aryl methyl sites for hydroxylation is 2. The Kier molecular flexibility index (Phi) is 9.93. The number of anilines is 1. The fourth-order valence-corrected chi connectivity index (χ4v) is 7.43. The van der Waals surface area contributed by atoms with E-state index in [1.807, 2.05) is 20.8 Å². The number of pyridine rings is 1. The maximum atomic E-state index is 15.7. The van der Waals surface area contributed by atoms with Gasteiger partial charge in [-0.15, -0.1) is 0 Å². The Bertz CT molecular complexity index is 1520. The number of ether oxygens (including phenoxy) is 1. The van der Waals surface area contributed by atoms with E-state index >= 15 is 4.39 Å². The minimum absolute atomic E-state index is 0.0131. The van der Waals surface area contributed by atoms with Crippen LogP contribution in [0.3, 0.4) is 0 Å². The first-order valence-electron chi connectivity index (χ1n) is 16.4. The molecule has 2 amide bonds. The third kappa shape index (κ3) is 7.71. The van der Waals surface area contributed by atoms with E-state index in [2.05, 4.69) is 45.5 Å². The highest BCUT2D eigenvalue weighted by atomic mass is 28.3. The number of aromatic nitrogens is 5. The molecule has 0 radical (unpaired) electrons. The van der Waals surface area contributed by atoms with E-state index in [1.54, 1.807) is 33.8 Å². The van der Waals surface area contributed by atoms with Gasteiger partial charge in [0.25, 0.3) is 5.91 Å². The zero-order valence-corrected chi connectivity index (χ0v) is 28.6. The molecule has 0 saturated heterocycles. The highest BCUT2D eigenvalue weighted by Gasteiger charge is 2.48. The van der Waals surface area contributed by atoms with E-state index < -0.39 is 20.1 Å². The predicted octanol–water partition coefficient (Wildman–Crippen LogP) is 6.19. The summed E-state index contributed by atoms with van der Waals surface area (Å²) in [5.74, 6) is -1.33. The third-order valence-corrected chi connectivity index (χ3v) is 11.1. The van der Waals surface area contributed by atoms with Crippen LogP contribution in [0.5, 0.6) is 0 Å². The number of nitrogens with one attached hydrogen (secondary N) is 2. The Morgan fingerprint density at radius 1 is 1.16 bits per heavy atom. The van der Waals surface area contributed by atoms with E-state index in [9.17, 15) is 9.59 Å². The molecule has 2 atom stereocenters. The van der Waals surface area contributed by atoms with Gasteiger partial charge in [0.2, 0.25) is 11.9 Å². The highest BCUT2D eigenvalue weighted by Crippen LogP contribution is 2.58. The van der Waals surface area contributed by atoms with Crippen molar-refractivity contribution >= 4 is 25.7 Å². The molecule has 2 fully saturated rings. The second-order valence-electron chi connectivity index (χ2n) is 14.0. The van der Waals surface area contributed by atoms with Crippen molar-refractivity contribution in [3.63, 3.8) is 0 Å². The van der Waals surface area contributed by atoms with Gasteiger partial charge in [-0.3, -0.25) is 14.3 Å². The zero-order chi connectivity index (χ0) is 32.4. The molecular weight excluding hydrogens is 589 g/mol. The summed E-state index contributed by atoms with van der Waals surface area (Å²) in [6.45, 7) is 14.2. The number of carbonyl (C=O) groups excluding carboxylic acids is 2. The molecule has 0 aromatic carbocycles. The number of hydrogen-bond acceptors (Lipinski definition) is 6. The number of nitrogens with zero attached hydrogens (tertiary/aromatic N) is 5. The van der Waals surface area contributed by atoms with Gasteiger partial charge in [-0.2, -0.15) is 14.6 Å². The molecule has 3 heterocycles. The minimum atomic E-state index is -1.21. The van der Waals surface area contributed by atoms with Gasteiger partial charge < -0.3 is 15.4 Å². The van der Waals surface area contributed by atoms with Gasteiger partial charge in [0.15, 0.2) is 0 Å². The van der Waals surface area contributed by atoms with Gasteiger partial charge in [0, 0.05) is 44.2 Å². The van der Waals surface area contributed by atoms with Crippen LogP contribution in [-0.4, -0.2) is 57.1 Å². The first kappa shape index (κ1) is 33.0. The lowest BCUT2D eigenvalue weighted by atomic mass is 9.75. The topological polar surface area (TPSA) is 116 Å². The van der Waals surface area contributed by atoms with Crippen LogP contribution >= 0.6 is 0 Å². The number of hydrogen-bond donors (Lipinski definition) is 2. The maximum absolute atomic E-state index is 15.7. The lowest BCUT2D eigenvalue weighted by molar-refractivity contribution is -0.119. The molecule has 0 bridgehead atoms. The van der Waals surface area contributed by atoms with Crippen LogP contribution < -0.4 is 10.6 Å². The van der Waals surface area contributed by atoms with Crippen LogP contribution in [-0.2, 0) is 29.2 Å². The van der Waals surface area contributed by atoms with Gasteiger partial charge in [-0.25, -0.2) is 9.67 Å². The molecule has 2 N–H and O–H groups in total. The summed E-state index contributed by atoms with van der Waals surface area (Å²) in [7, 11) is -1.21. The average molecular weight is 638 g/mol. The molecule has 2 aliphatic rings. The van der Waals surface area contributed by atoms with Crippen LogP contribution in [0.2, 0.25) is 25.7 Å². The van der Waals surface area contributed by atoms with Crippen LogP contribution in [0, 0.1) is 24.2 Å². The first-order chi connectivity index (χ1) is 21.4. The van der Waals surface area contributed by atoms with Crippen molar-refractivity contribution < 1.29 is 18.7 Å². The van der Waals surface area contributed by atoms with Crippen LogP contribution in [0.25, 0.3) is 11.1 Å². The number of carbonyl (C=O) groups is 2. The summed E-state index contributed by atoms with van der Waals surface area (Å²) in [5, 5.41) is 14.7. The van der Waals surface area contributed by atoms with Crippen LogP contribution in [0.1, 0.15) is 74.2 Å². The van der Waals surface area contributed by atoms with E-state index in [-0.39, 0.29) is 23.6 Å². The van der Waals surface area contributed by atoms with Crippen LogP contribution in [0.4, 0.5) is 10.2 Å². The summed E-state index contributed by atoms with van der Waals surface area (Å²) in [4.78, 5) is 31.2. The number of rotatable bonds is 13. The zero-order valence-electron chi connectivity index (χ0n) is 27.6. The van der Waals surface area contributed by atoms with Crippen molar-refractivity contribution in [1.29, 1.82) is 0 Å². The lowest BCUT2D eigenvalue weighted by Crippen LogP contribution is -2.50. The second-order valence-corrected chi connectivity index (χ2v) is 19.6. The Balaban J connectivity index is 1.33. The molecule has 12 heteroatoms. The molecule has 2 saturated carbocycles. The van der Waals surface area contributed by atoms with Crippen molar-refractivity contribution in [3.05, 3.63) is 47.4 Å². The number of halogens is 1. The SMILES string of the molecule is CCc1c(-c2ccc(NC(=O)[C@@H](NC(=O)c3ccnn3CC)[C@H]3CCCC4(CC4)C3)nc2F)c(C)nn1COCC[Si](C)(C)C. The Morgan fingerprint density at radius 2 is 1.93 bits per heavy atom. The molecule has 0 unspecified atom stereocenters. The van der Waals surface area contributed by atoms with Crippen LogP contribution in [0.15, 0.2) is 24.4 Å². The standard InChI is InChI=1S/C33H48FN7O3Si/c1-7-25-28(22(3)39-41(25)21-44-18-19-45(4,5)6)24-11-12-27(36-30(24)34)37-32(43)29(23-10-9-14-33(20-23)15-16-33)38-31(42)26-13-17-35-40(26)8-2/h11-13,17,23,29H,7-10,14-16,18-21H2,1-6H3,(H,38,42)(H,36,37,43)/t23-,29-/m0/s1.